The van der Waals surface area contributed by atoms with Gasteiger partial charge in [-0.1, -0.05) is 0 Å². The molecule has 7 nitrogen and oxygen atoms in total. The summed E-state index contributed by atoms with van der Waals surface area (Å²) in [5.74, 6) is -5.06. The Labute approximate surface area is 163 Å². The number of alkyl halides is 4. The predicted octanol–water partition coefficient (Wildman–Crippen LogP) is 3.45. The lowest BCUT2D eigenvalue weighted by atomic mass is 10.1. The topological polar surface area (TPSA) is 96.1 Å². The molecule has 0 saturated heterocycles. The van der Waals surface area contributed by atoms with Crippen LogP contribution in [0.25, 0.3) is 0 Å². The van der Waals surface area contributed by atoms with Gasteiger partial charge in [0.1, 0.15) is 11.5 Å². The van der Waals surface area contributed by atoms with E-state index in [1.165, 1.54) is 19.1 Å². The Balaban J connectivity index is 2.03. The predicted molar refractivity (Wildman–Crippen MR) is 96.4 cm³/mol. The van der Waals surface area contributed by atoms with Crippen LogP contribution in [0, 0.1) is 6.92 Å². The smallest absolute Gasteiger partial charge is 0.340 e. The molecule has 2 amide bonds. The number of rotatable bonds is 8. The molecule has 0 bridgehead atoms. The molecule has 1 unspecified atom stereocenters. The minimum absolute atomic E-state index is 0.0000702. The lowest BCUT2D eigenvalue weighted by Gasteiger charge is -2.16. The molecule has 0 fully saturated rings. The number of carbonyl (C=O) groups is 2. The number of hydrogen-bond donors (Lipinski definition) is 3. The molecular weight excluding hydrogens is 396 g/mol. The minimum atomic E-state index is -4.30. The molecule has 158 valence electrons. The second-order valence-electron chi connectivity index (χ2n) is 6.39. The number of carbonyl (C=O) groups excluding carboxylic acids is 2. The molecule has 29 heavy (non-hydrogen) atoms. The van der Waals surface area contributed by atoms with E-state index in [9.17, 15) is 27.2 Å². The van der Waals surface area contributed by atoms with Crippen molar-refractivity contribution in [2.45, 2.75) is 39.2 Å². The highest BCUT2D eigenvalue weighted by Crippen LogP contribution is 2.24. The Hall–Kier alpha value is -3.11. The monoisotopic (exact) mass is 416 g/mol. The van der Waals surface area contributed by atoms with Crippen LogP contribution in [0.15, 0.2) is 24.3 Å². The van der Waals surface area contributed by atoms with E-state index in [4.69, 9.17) is 0 Å². The molecule has 3 N–H and O–H groups in total. The number of pyridine rings is 1. The second-order valence-corrected chi connectivity index (χ2v) is 6.39. The Morgan fingerprint density at radius 3 is 2.59 bits per heavy atom. The van der Waals surface area contributed by atoms with E-state index >= 15 is 0 Å². The number of anilines is 1. The fraction of sp³-hybridized carbons (Fsp3) is 0.389. The highest BCUT2D eigenvalue weighted by molar-refractivity contribution is 5.93. The number of amides is 2. The summed E-state index contributed by atoms with van der Waals surface area (Å²) < 4.78 is 54.7. The van der Waals surface area contributed by atoms with Gasteiger partial charge in [-0.15, -0.1) is 0 Å². The Kier molecular flexibility index (Phi) is 6.83. The molecule has 2 rings (SSSR count). The molecule has 0 aliphatic heterocycles. The normalized spacial score (nSPS) is 12.6. The Morgan fingerprint density at radius 1 is 1.28 bits per heavy atom. The minimum Gasteiger partial charge on any atom is -0.472 e. The van der Waals surface area contributed by atoms with E-state index < -0.39 is 30.9 Å². The molecule has 0 saturated carbocycles. The van der Waals surface area contributed by atoms with Gasteiger partial charge in [0.25, 0.3) is 5.91 Å². The third-order valence-electron chi connectivity index (χ3n) is 3.77. The fourth-order valence-corrected chi connectivity index (χ4v) is 2.38. The van der Waals surface area contributed by atoms with Crippen LogP contribution in [0.5, 0.6) is 5.88 Å². The first-order chi connectivity index (χ1) is 13.5. The van der Waals surface area contributed by atoms with E-state index in [1.54, 1.807) is 26.0 Å². The molecule has 11 heteroatoms. The maximum atomic E-state index is 12.9. The summed E-state index contributed by atoms with van der Waals surface area (Å²) in [6, 6.07) is 5.32. The molecule has 0 aliphatic carbocycles. The Bertz CT molecular complexity index is 886. The largest absolute Gasteiger partial charge is 0.472 e. The number of H-pyrrole nitrogens is 1. The third-order valence-corrected chi connectivity index (χ3v) is 3.77. The van der Waals surface area contributed by atoms with Gasteiger partial charge in [0.15, 0.2) is 12.5 Å². The highest BCUT2D eigenvalue weighted by atomic mass is 19.3. The summed E-state index contributed by atoms with van der Waals surface area (Å²) in [7, 11) is 0. The van der Waals surface area contributed by atoms with E-state index in [0.29, 0.717) is 17.1 Å². The van der Waals surface area contributed by atoms with Crippen molar-refractivity contribution >= 4 is 17.6 Å². The molecule has 0 spiro atoms. The van der Waals surface area contributed by atoms with Crippen molar-refractivity contribution in [1.82, 2.24) is 15.3 Å². The van der Waals surface area contributed by atoms with Gasteiger partial charge in [-0.05, 0) is 37.6 Å². The summed E-state index contributed by atoms with van der Waals surface area (Å²) in [4.78, 5) is 30.2. The summed E-state index contributed by atoms with van der Waals surface area (Å²) in [6.45, 7) is 3.25. The number of ether oxygens (including phenoxy) is 1. The van der Waals surface area contributed by atoms with Crippen LogP contribution in [-0.4, -0.2) is 40.7 Å². The molecular formula is C18H20F4N4O3. The van der Waals surface area contributed by atoms with Gasteiger partial charge in [0.05, 0.1) is 6.04 Å². The van der Waals surface area contributed by atoms with Crippen molar-refractivity contribution in [2.24, 2.45) is 0 Å². The zero-order chi connectivity index (χ0) is 21.8. The number of aromatic nitrogens is 2. The third kappa shape index (κ3) is 6.19. The second kappa shape index (κ2) is 8.93. The van der Waals surface area contributed by atoms with Crippen molar-refractivity contribution in [3.63, 3.8) is 0 Å². The maximum absolute atomic E-state index is 12.9. The zero-order valence-electron chi connectivity index (χ0n) is 15.9. The van der Waals surface area contributed by atoms with Gasteiger partial charge in [-0.25, -0.2) is 13.8 Å². The standard InChI is InChI=1S/C18H20F4N4O3/c1-9-6-12(7-14(23-9)25-11(3)27)10(2)24-16(28)13-4-5-15(26-13)29-8-18(21,22)17(19)20/h4-7,10,17,26H,8H2,1-3H3,(H,24,28)(H,23,25,27). The van der Waals surface area contributed by atoms with Gasteiger partial charge in [0, 0.05) is 18.7 Å². The van der Waals surface area contributed by atoms with Crippen LogP contribution < -0.4 is 15.4 Å². The fourth-order valence-electron chi connectivity index (χ4n) is 2.38. The number of aromatic amines is 1. The van der Waals surface area contributed by atoms with Crippen molar-refractivity contribution in [2.75, 3.05) is 11.9 Å². The van der Waals surface area contributed by atoms with Gasteiger partial charge < -0.3 is 20.4 Å². The summed E-state index contributed by atoms with van der Waals surface area (Å²) in [5.41, 5.74) is 1.30. The van der Waals surface area contributed by atoms with Crippen LogP contribution in [0.1, 0.15) is 41.6 Å². The number of nitrogens with zero attached hydrogens (tertiary/aromatic N) is 1. The average Bonchev–Trinajstić information content (AvgIpc) is 3.08. The molecule has 0 radical (unpaired) electrons. The average molecular weight is 416 g/mol. The first-order valence-corrected chi connectivity index (χ1v) is 8.52. The Morgan fingerprint density at radius 2 is 1.97 bits per heavy atom. The van der Waals surface area contributed by atoms with Crippen LogP contribution in [0.4, 0.5) is 23.4 Å². The van der Waals surface area contributed by atoms with Crippen molar-refractivity contribution in [3.8, 4) is 5.88 Å². The van der Waals surface area contributed by atoms with Crippen LogP contribution in [0.3, 0.4) is 0 Å². The number of hydrogen-bond acceptors (Lipinski definition) is 4. The van der Waals surface area contributed by atoms with Crippen molar-refractivity contribution in [3.05, 3.63) is 41.2 Å². The van der Waals surface area contributed by atoms with Crippen LogP contribution in [-0.2, 0) is 4.79 Å². The molecule has 2 aromatic heterocycles. The van der Waals surface area contributed by atoms with E-state index in [0.717, 1.165) is 0 Å². The SMILES string of the molecule is CC(=O)Nc1cc(C(C)NC(=O)c2ccc(OCC(F)(F)C(F)F)[nH]2)cc(C)n1. The van der Waals surface area contributed by atoms with Crippen LogP contribution >= 0.6 is 0 Å². The molecule has 0 aromatic carbocycles. The van der Waals surface area contributed by atoms with Crippen LogP contribution in [0.2, 0.25) is 0 Å². The van der Waals surface area contributed by atoms with Crippen molar-refractivity contribution in [1.29, 1.82) is 0 Å². The zero-order valence-corrected chi connectivity index (χ0v) is 15.9. The number of aryl methyl sites for hydroxylation is 1. The molecule has 2 aromatic rings. The number of halogens is 4. The lowest BCUT2D eigenvalue weighted by molar-refractivity contribution is -0.148. The van der Waals surface area contributed by atoms with Gasteiger partial charge in [-0.2, -0.15) is 8.78 Å². The molecule has 1 atom stereocenters. The molecule has 0 aliphatic rings. The number of nitrogens with one attached hydrogen (secondary N) is 3. The quantitative estimate of drug-likeness (QED) is 0.575. The van der Waals surface area contributed by atoms with E-state index in [2.05, 4.69) is 25.3 Å². The summed E-state index contributed by atoms with van der Waals surface area (Å²) >= 11 is 0. The maximum Gasteiger partial charge on any atom is 0.340 e. The summed E-state index contributed by atoms with van der Waals surface area (Å²) in [5, 5.41) is 5.25. The van der Waals surface area contributed by atoms with E-state index in [-0.39, 0.29) is 17.5 Å². The van der Waals surface area contributed by atoms with Gasteiger partial charge in [0.2, 0.25) is 5.91 Å². The van der Waals surface area contributed by atoms with E-state index in [1.807, 2.05) is 0 Å². The molecule has 2 heterocycles. The van der Waals surface area contributed by atoms with Gasteiger partial charge >= 0.3 is 12.3 Å². The van der Waals surface area contributed by atoms with Gasteiger partial charge in [-0.3, -0.25) is 9.59 Å². The van der Waals surface area contributed by atoms with Crippen molar-refractivity contribution < 1.29 is 31.9 Å². The first-order valence-electron chi connectivity index (χ1n) is 8.52. The highest BCUT2D eigenvalue weighted by Gasteiger charge is 2.41. The lowest BCUT2D eigenvalue weighted by Crippen LogP contribution is -2.33. The summed E-state index contributed by atoms with van der Waals surface area (Å²) in [6.07, 6.45) is -3.85. The first kappa shape index (κ1) is 22.2.